The Bertz CT molecular complexity index is 1600. The smallest absolute Gasteiger partial charge is 0.373 e. The molecular formula is C33H35NO8S. The summed E-state index contributed by atoms with van der Waals surface area (Å²) in [5, 5.41) is 9.59. The Morgan fingerprint density at radius 2 is 1.84 bits per heavy atom. The fourth-order valence-electron chi connectivity index (χ4n) is 5.50. The first kappa shape index (κ1) is 30.5. The van der Waals surface area contributed by atoms with E-state index in [9.17, 15) is 18.3 Å². The number of methoxy groups -OCH3 is 1. The Labute approximate surface area is 252 Å². The normalized spacial score (nSPS) is 17.4. The maximum atomic E-state index is 13.3. The molecule has 2 atom stereocenters. The molecule has 1 heterocycles. The molecule has 0 radical (unpaired) electrons. The van der Waals surface area contributed by atoms with Gasteiger partial charge in [-0.15, -0.1) is 0 Å². The molecule has 1 N–H and O–H groups in total. The van der Waals surface area contributed by atoms with E-state index in [0.717, 1.165) is 16.3 Å². The number of sulfonamides is 1. The molecule has 2 aliphatic rings. The predicted octanol–water partition coefficient (Wildman–Crippen LogP) is 4.41. The number of benzene rings is 3. The van der Waals surface area contributed by atoms with E-state index in [2.05, 4.69) is 30.8 Å². The van der Waals surface area contributed by atoms with Crippen LogP contribution in [-0.2, 0) is 35.4 Å². The van der Waals surface area contributed by atoms with Crippen LogP contribution in [0.4, 0.5) is 0 Å². The number of ether oxygens (including phenoxy) is 4. The van der Waals surface area contributed by atoms with Gasteiger partial charge < -0.3 is 24.1 Å². The summed E-state index contributed by atoms with van der Waals surface area (Å²) in [6.45, 7) is 3.10. The minimum Gasteiger partial charge on any atom is -0.497 e. The van der Waals surface area contributed by atoms with Gasteiger partial charge in [0.2, 0.25) is 22.1 Å². The number of aliphatic hydroxyl groups is 1. The highest BCUT2D eigenvalue weighted by molar-refractivity contribution is 7.89. The monoisotopic (exact) mass is 605 g/mol. The third-order valence-corrected chi connectivity index (χ3v) is 9.48. The van der Waals surface area contributed by atoms with E-state index in [1.807, 2.05) is 18.2 Å². The lowest BCUT2D eigenvalue weighted by Gasteiger charge is -2.30. The van der Waals surface area contributed by atoms with E-state index in [1.54, 1.807) is 18.2 Å². The molecule has 5 rings (SSSR count). The van der Waals surface area contributed by atoms with Gasteiger partial charge in [-0.25, -0.2) is 13.2 Å². The summed E-state index contributed by atoms with van der Waals surface area (Å²) in [4.78, 5) is 12.9. The Balaban J connectivity index is 1.34. The third-order valence-electron chi connectivity index (χ3n) is 7.57. The van der Waals surface area contributed by atoms with Gasteiger partial charge in [-0.1, -0.05) is 55.1 Å². The van der Waals surface area contributed by atoms with Crippen LogP contribution in [0.1, 0.15) is 29.0 Å². The highest BCUT2D eigenvalue weighted by Crippen LogP contribution is 2.43. The zero-order valence-corrected chi connectivity index (χ0v) is 24.8. The zero-order chi connectivity index (χ0) is 30.4. The minimum absolute atomic E-state index is 0.0277. The predicted molar refractivity (Wildman–Crippen MR) is 161 cm³/mol. The van der Waals surface area contributed by atoms with Gasteiger partial charge in [0, 0.05) is 25.4 Å². The fraction of sp³-hybridized carbons (Fsp3) is 0.303. The van der Waals surface area contributed by atoms with Gasteiger partial charge in [-0.3, -0.25) is 0 Å². The SMILES string of the molecule is C=CCOC(=O)C1=CC(c2cccc3c2Cc2ccccc2-3)CC(OCCN(CCO)S(=O)(=O)c2ccc(OC)cc2)O1. The topological polar surface area (TPSA) is 112 Å². The van der Waals surface area contributed by atoms with Crippen LogP contribution in [0.3, 0.4) is 0 Å². The minimum atomic E-state index is -3.91. The Hall–Kier alpha value is -3.96. The summed E-state index contributed by atoms with van der Waals surface area (Å²) in [7, 11) is -2.41. The van der Waals surface area contributed by atoms with Crippen LogP contribution in [0.25, 0.3) is 11.1 Å². The standard InChI is InChI=1S/C33H35NO8S/c1-3-18-41-33(36)31-21-24(28-9-6-10-29-27-8-5-4-7-23(27)20-30(28)29)22-32(42-31)40-19-16-34(15-17-35)43(37,38)26-13-11-25(39-2)12-14-26/h3-14,21,24,32,35H,1,15-20,22H2,2H3. The largest absolute Gasteiger partial charge is 0.497 e. The van der Waals surface area contributed by atoms with Crippen LogP contribution < -0.4 is 4.74 Å². The quantitative estimate of drug-likeness (QED) is 0.176. The second-order valence-electron chi connectivity index (χ2n) is 10.2. The van der Waals surface area contributed by atoms with Gasteiger partial charge in [0.15, 0.2) is 0 Å². The summed E-state index contributed by atoms with van der Waals surface area (Å²) in [6, 6.07) is 20.5. The lowest BCUT2D eigenvalue weighted by molar-refractivity contribution is -0.160. The van der Waals surface area contributed by atoms with E-state index >= 15 is 0 Å². The van der Waals surface area contributed by atoms with Crippen molar-refractivity contribution >= 4 is 16.0 Å². The summed E-state index contributed by atoms with van der Waals surface area (Å²) in [5.74, 6) is -0.262. The number of nitrogens with zero attached hydrogens (tertiary/aromatic N) is 1. The van der Waals surface area contributed by atoms with Gasteiger partial charge >= 0.3 is 5.97 Å². The van der Waals surface area contributed by atoms with Gasteiger partial charge in [0.05, 0.1) is 25.2 Å². The van der Waals surface area contributed by atoms with Crippen molar-refractivity contribution < 1.29 is 37.3 Å². The molecule has 1 aliphatic heterocycles. The average molecular weight is 606 g/mol. The molecule has 226 valence electrons. The van der Waals surface area contributed by atoms with Crippen LogP contribution in [0.5, 0.6) is 5.75 Å². The average Bonchev–Trinajstić information content (AvgIpc) is 3.42. The molecule has 0 amide bonds. The van der Waals surface area contributed by atoms with Crippen molar-refractivity contribution in [2.75, 3.05) is 40.0 Å². The first-order valence-electron chi connectivity index (χ1n) is 14.1. The van der Waals surface area contributed by atoms with Crippen molar-refractivity contribution in [3.8, 4) is 16.9 Å². The maximum Gasteiger partial charge on any atom is 0.373 e. The van der Waals surface area contributed by atoms with Crippen LogP contribution in [0.15, 0.2) is 96.1 Å². The number of carbonyl (C=O) groups is 1. The Kier molecular flexibility index (Phi) is 9.62. The van der Waals surface area contributed by atoms with E-state index < -0.39 is 22.3 Å². The number of fused-ring (bicyclic) bond motifs is 3. The van der Waals surface area contributed by atoms with Crippen molar-refractivity contribution in [1.29, 1.82) is 0 Å². The number of carbonyl (C=O) groups excluding carboxylic acids is 1. The molecule has 0 bridgehead atoms. The number of hydrogen-bond acceptors (Lipinski definition) is 8. The van der Waals surface area contributed by atoms with Crippen molar-refractivity contribution in [1.82, 2.24) is 4.31 Å². The molecule has 0 saturated heterocycles. The first-order chi connectivity index (χ1) is 20.8. The highest BCUT2D eigenvalue weighted by atomic mass is 32.2. The van der Waals surface area contributed by atoms with Gasteiger partial charge in [0.25, 0.3) is 0 Å². The van der Waals surface area contributed by atoms with E-state index in [0.29, 0.717) is 12.2 Å². The van der Waals surface area contributed by atoms with Crippen molar-refractivity contribution in [3.63, 3.8) is 0 Å². The molecule has 0 fully saturated rings. The second-order valence-corrected chi connectivity index (χ2v) is 12.1. The molecule has 10 heteroatoms. The second kappa shape index (κ2) is 13.6. The summed E-state index contributed by atoms with van der Waals surface area (Å²) >= 11 is 0. The molecule has 0 spiro atoms. The lowest BCUT2D eigenvalue weighted by atomic mass is 9.87. The molecule has 1 aliphatic carbocycles. The number of rotatable bonds is 13. The highest BCUT2D eigenvalue weighted by Gasteiger charge is 2.33. The Morgan fingerprint density at radius 1 is 1.07 bits per heavy atom. The third kappa shape index (κ3) is 6.67. The lowest BCUT2D eigenvalue weighted by Crippen LogP contribution is -2.37. The zero-order valence-electron chi connectivity index (χ0n) is 24.0. The van der Waals surface area contributed by atoms with Gasteiger partial charge in [-0.05, 0) is 64.6 Å². The molecule has 0 aromatic heterocycles. The maximum absolute atomic E-state index is 13.3. The Morgan fingerprint density at radius 3 is 2.58 bits per heavy atom. The van der Waals surface area contributed by atoms with E-state index in [4.69, 9.17) is 18.9 Å². The van der Waals surface area contributed by atoms with Gasteiger partial charge in [-0.2, -0.15) is 4.31 Å². The first-order valence-corrected chi connectivity index (χ1v) is 15.5. The van der Waals surface area contributed by atoms with Crippen molar-refractivity contribution in [2.45, 2.75) is 29.9 Å². The van der Waals surface area contributed by atoms with Crippen LogP contribution >= 0.6 is 0 Å². The number of esters is 1. The molecule has 2 unspecified atom stereocenters. The van der Waals surface area contributed by atoms with Crippen molar-refractivity contribution in [2.24, 2.45) is 0 Å². The molecule has 0 saturated carbocycles. The van der Waals surface area contributed by atoms with Crippen LogP contribution in [0.2, 0.25) is 0 Å². The molecule has 3 aromatic rings. The van der Waals surface area contributed by atoms with Crippen LogP contribution in [-0.4, -0.2) is 70.1 Å². The van der Waals surface area contributed by atoms with E-state index in [1.165, 1.54) is 47.6 Å². The number of allylic oxidation sites excluding steroid dienone is 1. The molecule has 43 heavy (non-hydrogen) atoms. The molecular weight excluding hydrogens is 570 g/mol. The van der Waals surface area contributed by atoms with Crippen LogP contribution in [0, 0.1) is 0 Å². The summed E-state index contributed by atoms with van der Waals surface area (Å²) in [5.41, 5.74) is 5.90. The fourth-order valence-corrected chi connectivity index (χ4v) is 6.92. The van der Waals surface area contributed by atoms with Gasteiger partial charge in [0.1, 0.15) is 12.4 Å². The summed E-state index contributed by atoms with van der Waals surface area (Å²) < 4.78 is 50.1. The number of aliphatic hydroxyl groups excluding tert-OH is 1. The number of hydrogen-bond donors (Lipinski definition) is 1. The summed E-state index contributed by atoms with van der Waals surface area (Å²) in [6.07, 6.45) is 3.62. The molecule has 3 aromatic carbocycles. The molecule has 9 nitrogen and oxygen atoms in total. The van der Waals surface area contributed by atoms with Crippen molar-refractivity contribution in [3.05, 3.63) is 108 Å². The van der Waals surface area contributed by atoms with E-state index in [-0.39, 0.29) is 49.5 Å².